The fourth-order valence-electron chi connectivity index (χ4n) is 9.19. The molecule has 0 saturated heterocycles. The van der Waals surface area contributed by atoms with Crippen molar-refractivity contribution >= 4 is 23.5 Å². The SMILES string of the molecule is CC[C@@]1(C)CCC[C@]2(C)[C@H]3C[C@H](OC(C)=O)[C@@]4(C)C(=CC(=O)C(C(C)=O)=C4C(=O)O)[C@]3(C)CC[C@@H]12. The predicted molar refractivity (Wildman–Crippen MR) is 131 cm³/mol. The van der Waals surface area contributed by atoms with Crippen molar-refractivity contribution < 1.29 is 29.0 Å². The lowest BCUT2D eigenvalue weighted by atomic mass is 9.36. The molecule has 0 heterocycles. The molecule has 0 aromatic heterocycles. The minimum Gasteiger partial charge on any atom is -0.478 e. The molecule has 192 valence electrons. The van der Waals surface area contributed by atoms with E-state index in [1.807, 2.05) is 0 Å². The second-order valence-corrected chi connectivity index (χ2v) is 12.5. The molecule has 0 aromatic rings. The Balaban J connectivity index is 1.96. The van der Waals surface area contributed by atoms with Crippen molar-refractivity contribution in [3.63, 3.8) is 0 Å². The summed E-state index contributed by atoms with van der Waals surface area (Å²) in [6.07, 6.45) is 7.65. The van der Waals surface area contributed by atoms with Crippen LogP contribution in [0.4, 0.5) is 0 Å². The van der Waals surface area contributed by atoms with Crippen molar-refractivity contribution in [1.29, 1.82) is 0 Å². The second-order valence-electron chi connectivity index (χ2n) is 12.5. The van der Waals surface area contributed by atoms with Crippen LogP contribution in [0.15, 0.2) is 22.8 Å². The fourth-order valence-corrected chi connectivity index (χ4v) is 9.19. The summed E-state index contributed by atoms with van der Waals surface area (Å²) in [5.74, 6) is -2.25. The molecule has 4 rings (SSSR count). The summed E-state index contributed by atoms with van der Waals surface area (Å²) < 4.78 is 5.90. The number of ketones is 2. The Morgan fingerprint density at radius 2 is 1.71 bits per heavy atom. The molecule has 4 aliphatic rings. The summed E-state index contributed by atoms with van der Waals surface area (Å²) in [7, 11) is 0. The van der Waals surface area contributed by atoms with E-state index in [-0.39, 0.29) is 27.9 Å². The van der Waals surface area contributed by atoms with Gasteiger partial charge in [-0.2, -0.15) is 0 Å². The highest BCUT2D eigenvalue weighted by Gasteiger charge is 2.68. The number of carboxylic acid groups (broad SMARTS) is 1. The molecule has 4 aliphatic carbocycles. The number of esters is 1. The molecule has 0 spiro atoms. The number of aliphatic carboxylic acids is 1. The number of ether oxygens (including phenoxy) is 1. The van der Waals surface area contributed by atoms with Crippen LogP contribution in [0.25, 0.3) is 0 Å². The maximum absolute atomic E-state index is 13.3. The Bertz CT molecular complexity index is 1070. The highest BCUT2D eigenvalue weighted by Crippen LogP contribution is 2.72. The molecule has 0 aliphatic heterocycles. The quantitative estimate of drug-likeness (QED) is 0.421. The summed E-state index contributed by atoms with van der Waals surface area (Å²) in [5.41, 5.74) is -1.25. The van der Waals surface area contributed by atoms with Gasteiger partial charge in [0, 0.05) is 6.92 Å². The van der Waals surface area contributed by atoms with Gasteiger partial charge in [0.1, 0.15) is 6.10 Å². The van der Waals surface area contributed by atoms with Gasteiger partial charge in [0.05, 0.1) is 16.6 Å². The van der Waals surface area contributed by atoms with Gasteiger partial charge in [-0.05, 0) is 85.7 Å². The van der Waals surface area contributed by atoms with Crippen LogP contribution in [0.5, 0.6) is 0 Å². The molecule has 3 saturated carbocycles. The summed E-state index contributed by atoms with van der Waals surface area (Å²) in [6, 6.07) is 0. The van der Waals surface area contributed by atoms with Crippen LogP contribution < -0.4 is 0 Å². The number of fused-ring (bicyclic) bond motifs is 5. The third kappa shape index (κ3) is 3.41. The van der Waals surface area contributed by atoms with Crippen molar-refractivity contribution in [3.8, 4) is 0 Å². The summed E-state index contributed by atoms with van der Waals surface area (Å²) >= 11 is 0. The van der Waals surface area contributed by atoms with Gasteiger partial charge in [-0.1, -0.05) is 40.5 Å². The normalized spacial score (nSPS) is 42.9. The van der Waals surface area contributed by atoms with E-state index >= 15 is 0 Å². The van der Waals surface area contributed by atoms with Crippen molar-refractivity contribution in [1.82, 2.24) is 0 Å². The Morgan fingerprint density at radius 1 is 1.06 bits per heavy atom. The van der Waals surface area contributed by atoms with Crippen molar-refractivity contribution in [2.45, 2.75) is 99.5 Å². The Kier molecular flexibility index (Phi) is 6.01. The monoisotopic (exact) mass is 484 g/mol. The smallest absolute Gasteiger partial charge is 0.333 e. The lowest BCUT2D eigenvalue weighted by Gasteiger charge is -2.68. The van der Waals surface area contributed by atoms with Gasteiger partial charge in [0.15, 0.2) is 11.6 Å². The predicted octanol–water partition coefficient (Wildman–Crippen LogP) is 5.45. The van der Waals surface area contributed by atoms with Crippen LogP contribution in [0.3, 0.4) is 0 Å². The first-order valence-corrected chi connectivity index (χ1v) is 13.1. The number of rotatable bonds is 4. The number of carbonyl (C=O) groups is 4. The number of hydrogen-bond acceptors (Lipinski definition) is 5. The van der Waals surface area contributed by atoms with Crippen LogP contribution in [0, 0.1) is 33.5 Å². The molecule has 0 unspecified atom stereocenters. The van der Waals surface area contributed by atoms with Gasteiger partial charge in [-0.15, -0.1) is 0 Å². The fraction of sp³-hybridized carbons (Fsp3) is 0.724. The third-order valence-electron chi connectivity index (χ3n) is 10.9. The van der Waals surface area contributed by atoms with E-state index in [0.29, 0.717) is 12.3 Å². The molecular formula is C29H40O6. The molecule has 6 heteroatoms. The van der Waals surface area contributed by atoms with Gasteiger partial charge in [0.2, 0.25) is 0 Å². The van der Waals surface area contributed by atoms with Crippen molar-refractivity contribution in [2.24, 2.45) is 33.5 Å². The standard InChI is InChI=1S/C29H40O6/c1-8-26(4)11-9-12-27(5)19(26)10-13-28(6)20(27)15-22(35-17(3)31)29(7)21(28)14-18(32)23(16(2)30)24(29)25(33)34/h14,19-20,22H,8-13,15H2,1-7H3,(H,33,34)/t19-,20+,22-,26-,27-,28+,29+/m0/s1. The molecule has 7 atom stereocenters. The summed E-state index contributed by atoms with van der Waals surface area (Å²) in [5, 5.41) is 10.3. The van der Waals surface area contributed by atoms with Crippen LogP contribution in [0.2, 0.25) is 0 Å². The van der Waals surface area contributed by atoms with Crippen LogP contribution in [0.1, 0.15) is 93.4 Å². The molecule has 3 fully saturated rings. The van der Waals surface area contributed by atoms with Gasteiger partial charge < -0.3 is 9.84 Å². The Hall–Kier alpha value is -2.24. The van der Waals surface area contributed by atoms with Gasteiger partial charge in [0.25, 0.3) is 0 Å². The number of allylic oxidation sites excluding steroid dienone is 2. The van der Waals surface area contributed by atoms with E-state index in [4.69, 9.17) is 4.74 Å². The van der Waals surface area contributed by atoms with Gasteiger partial charge >= 0.3 is 11.9 Å². The average molecular weight is 485 g/mol. The molecular weight excluding hydrogens is 444 g/mol. The van der Waals surface area contributed by atoms with Crippen molar-refractivity contribution in [2.75, 3.05) is 0 Å². The van der Waals surface area contributed by atoms with Gasteiger partial charge in [-0.3, -0.25) is 14.4 Å². The molecule has 0 amide bonds. The number of hydrogen-bond donors (Lipinski definition) is 1. The zero-order valence-electron chi connectivity index (χ0n) is 22.2. The highest BCUT2D eigenvalue weighted by molar-refractivity contribution is 6.28. The Morgan fingerprint density at radius 3 is 2.26 bits per heavy atom. The van der Waals surface area contributed by atoms with E-state index in [2.05, 4.69) is 27.7 Å². The maximum atomic E-state index is 13.3. The lowest BCUT2D eigenvalue weighted by Crippen LogP contribution is -2.63. The molecule has 0 radical (unpaired) electrons. The van der Waals surface area contributed by atoms with Gasteiger partial charge in [-0.25, -0.2) is 4.79 Å². The second kappa shape index (κ2) is 8.14. The largest absolute Gasteiger partial charge is 0.478 e. The molecule has 0 bridgehead atoms. The van der Waals surface area contributed by atoms with Crippen LogP contribution in [-0.2, 0) is 23.9 Å². The maximum Gasteiger partial charge on any atom is 0.333 e. The van der Waals surface area contributed by atoms with Crippen LogP contribution in [-0.4, -0.2) is 34.7 Å². The highest BCUT2D eigenvalue weighted by atomic mass is 16.5. The molecule has 0 aromatic carbocycles. The number of carbonyl (C=O) groups excluding carboxylic acids is 3. The minimum absolute atomic E-state index is 0.0203. The van der Waals surface area contributed by atoms with E-state index in [1.54, 1.807) is 6.92 Å². The Labute approximate surface area is 208 Å². The van der Waals surface area contributed by atoms with E-state index in [0.717, 1.165) is 37.7 Å². The first-order chi connectivity index (χ1) is 16.2. The first kappa shape index (κ1) is 25.8. The number of Topliss-reactive ketones (excluding diaryl/α,β-unsaturated/α-hetero) is 1. The number of carboxylic acids is 1. The molecule has 6 nitrogen and oxygen atoms in total. The zero-order valence-corrected chi connectivity index (χ0v) is 22.2. The summed E-state index contributed by atoms with van der Waals surface area (Å²) in [4.78, 5) is 50.7. The minimum atomic E-state index is -1.30. The molecule has 35 heavy (non-hydrogen) atoms. The third-order valence-corrected chi connectivity index (χ3v) is 10.9. The van der Waals surface area contributed by atoms with E-state index in [9.17, 15) is 24.3 Å². The zero-order chi connectivity index (χ0) is 26.1. The average Bonchev–Trinajstić information content (AvgIpc) is 2.74. The van der Waals surface area contributed by atoms with Crippen LogP contribution >= 0.6 is 0 Å². The first-order valence-electron chi connectivity index (χ1n) is 13.1. The van der Waals surface area contributed by atoms with Crippen molar-refractivity contribution in [3.05, 3.63) is 22.8 Å². The summed E-state index contributed by atoms with van der Waals surface area (Å²) in [6.45, 7) is 13.6. The topological polar surface area (TPSA) is 97.7 Å². The molecule has 1 N–H and O–H groups in total. The lowest BCUT2D eigenvalue weighted by molar-refractivity contribution is -0.181. The van der Waals surface area contributed by atoms with E-state index < -0.39 is 40.4 Å². The van der Waals surface area contributed by atoms with E-state index in [1.165, 1.54) is 26.3 Å².